The summed E-state index contributed by atoms with van der Waals surface area (Å²) < 4.78 is 44.9. The molecule has 20 heteroatoms. The molecule has 82 heavy (non-hydrogen) atoms. The number of rotatable bonds is 24. The van der Waals surface area contributed by atoms with E-state index in [0.717, 1.165) is 51.9 Å². The van der Waals surface area contributed by atoms with Crippen molar-refractivity contribution in [2.75, 3.05) is 87.9 Å². The van der Waals surface area contributed by atoms with E-state index in [-0.39, 0.29) is 107 Å². The number of aromatic nitrogens is 3. The highest BCUT2D eigenvalue weighted by Crippen LogP contribution is 2.35. The summed E-state index contributed by atoms with van der Waals surface area (Å²) in [4.78, 5) is 79.4. The fraction of sp³-hybridized carbons (Fsp3) is 0.468. The lowest BCUT2D eigenvalue weighted by atomic mass is 9.76. The van der Waals surface area contributed by atoms with Crippen LogP contribution in [0.4, 0.5) is 26.0 Å². The number of Topliss-reactive ketones (excluding diaryl/α,β-unsaturated/α-hetero) is 2. The van der Waals surface area contributed by atoms with E-state index in [2.05, 4.69) is 30.7 Å². The number of piperazine rings is 1. The van der Waals surface area contributed by atoms with E-state index in [1.54, 1.807) is 17.4 Å². The highest BCUT2D eigenvalue weighted by atomic mass is 32.1. The molecule has 4 aromatic carbocycles. The molecule has 6 aromatic rings. The zero-order valence-corrected chi connectivity index (χ0v) is 48.0. The van der Waals surface area contributed by atoms with Crippen molar-refractivity contribution in [2.45, 2.75) is 104 Å². The van der Waals surface area contributed by atoms with Gasteiger partial charge in [-0.25, -0.2) is 13.8 Å². The van der Waals surface area contributed by atoms with Gasteiger partial charge in [0.05, 0.1) is 72.2 Å². The standard InChI is InChI=1S/C62H74F2N8O9S/c1-39-58(82-38-65-39)43-9-5-40(6-10-43)8-14-56(75)55-36-49(74)37-72(55)61(78)52(62(2,3)4)35-48(73)17-25-80-27-28-81-26-18-57(76)71-21-19-70(20-22-71)47-11-12-50(54(34-47)66-46-15-23-79-24-16-46)60(77)67-59-51-32-41(7-13-53(51)68-69-59)29-42-30-44(63)33-45(64)31-42/h5-7,9-13,30-34,38,46,49,52,55,66,74H,8,14-29,35-37H2,1-4H3,(H2,67,68,69,77)/t49-,52-,55+/m1/s1. The Morgan fingerprint density at radius 1 is 0.841 bits per heavy atom. The van der Waals surface area contributed by atoms with E-state index < -0.39 is 35.1 Å². The van der Waals surface area contributed by atoms with Crippen molar-refractivity contribution in [3.63, 3.8) is 0 Å². The highest BCUT2D eigenvalue weighted by Gasteiger charge is 2.44. The molecule has 17 nitrogen and oxygen atoms in total. The third-order valence-corrected chi connectivity index (χ3v) is 16.7. The average Bonchev–Trinajstić information content (AvgIpc) is 4.25. The van der Waals surface area contributed by atoms with E-state index in [4.69, 9.17) is 14.2 Å². The van der Waals surface area contributed by atoms with E-state index in [0.29, 0.717) is 79.3 Å². The second-order valence-electron chi connectivity index (χ2n) is 22.7. The van der Waals surface area contributed by atoms with Crippen molar-refractivity contribution in [1.82, 2.24) is 25.0 Å². The number of halogens is 2. The maximum absolute atomic E-state index is 14.1. The number of aryl methyl sites for hydroxylation is 2. The number of hydrogen-bond donors (Lipinski definition) is 4. The number of aliphatic hydroxyl groups excluding tert-OH is 1. The largest absolute Gasteiger partial charge is 0.391 e. The summed E-state index contributed by atoms with van der Waals surface area (Å²) in [5, 5.41) is 25.2. The van der Waals surface area contributed by atoms with E-state index >= 15 is 0 Å². The van der Waals surface area contributed by atoms with Gasteiger partial charge in [-0.1, -0.05) is 51.1 Å². The number of carbonyl (C=O) groups excluding carboxylic acids is 5. The minimum atomic E-state index is -0.823. The summed E-state index contributed by atoms with van der Waals surface area (Å²) in [5.74, 6) is -2.58. The van der Waals surface area contributed by atoms with Gasteiger partial charge in [0.2, 0.25) is 11.8 Å². The number of aliphatic hydroxyl groups is 1. The van der Waals surface area contributed by atoms with Gasteiger partial charge in [0.1, 0.15) is 17.4 Å². The molecule has 2 aromatic heterocycles. The Bertz CT molecular complexity index is 3180. The minimum absolute atomic E-state index is 0.0137. The van der Waals surface area contributed by atoms with E-state index in [1.165, 1.54) is 17.0 Å². The number of H-pyrrole nitrogens is 1. The molecule has 3 fully saturated rings. The quantitative estimate of drug-likeness (QED) is 0.0418. The molecule has 5 heterocycles. The number of anilines is 3. The molecule has 0 bridgehead atoms. The van der Waals surface area contributed by atoms with Crippen molar-refractivity contribution in [2.24, 2.45) is 11.3 Å². The molecule has 0 radical (unpaired) electrons. The number of ether oxygens (including phenoxy) is 3. The lowest BCUT2D eigenvalue weighted by Crippen LogP contribution is -2.49. The van der Waals surface area contributed by atoms with Crippen LogP contribution in [0.15, 0.2) is 84.4 Å². The topological polar surface area (TPSA) is 209 Å². The van der Waals surface area contributed by atoms with Crippen LogP contribution in [0, 0.1) is 29.9 Å². The molecule has 0 spiro atoms. The Balaban J connectivity index is 0.690. The molecular weight excluding hydrogens is 1070 g/mol. The number of carbonyl (C=O) groups is 5. The first-order valence-corrected chi connectivity index (χ1v) is 29.3. The Morgan fingerprint density at radius 2 is 1.55 bits per heavy atom. The Kier molecular flexibility index (Phi) is 19.9. The fourth-order valence-corrected chi connectivity index (χ4v) is 11.8. The molecule has 0 saturated carbocycles. The van der Waals surface area contributed by atoms with Crippen LogP contribution in [0.3, 0.4) is 0 Å². The van der Waals surface area contributed by atoms with Crippen molar-refractivity contribution in [3.05, 3.63) is 124 Å². The van der Waals surface area contributed by atoms with Gasteiger partial charge >= 0.3 is 0 Å². The Hall–Kier alpha value is -6.97. The number of likely N-dealkylation sites (tertiary alicyclic amines) is 1. The molecule has 3 atom stereocenters. The molecular formula is C62H74F2N8O9S. The lowest BCUT2D eigenvalue weighted by Gasteiger charge is -2.36. The summed E-state index contributed by atoms with van der Waals surface area (Å²) in [6.45, 7) is 12.0. The molecule has 0 aliphatic carbocycles. The van der Waals surface area contributed by atoms with Crippen LogP contribution in [-0.2, 0) is 46.2 Å². The predicted molar refractivity (Wildman–Crippen MR) is 311 cm³/mol. The first-order chi connectivity index (χ1) is 39.4. The maximum Gasteiger partial charge on any atom is 0.258 e. The van der Waals surface area contributed by atoms with Crippen LogP contribution >= 0.6 is 11.3 Å². The first-order valence-electron chi connectivity index (χ1n) is 28.4. The fourth-order valence-electron chi connectivity index (χ4n) is 11.0. The van der Waals surface area contributed by atoms with Crippen LogP contribution in [0.5, 0.6) is 0 Å². The molecule has 3 amide bonds. The smallest absolute Gasteiger partial charge is 0.258 e. The number of aromatic amines is 1. The summed E-state index contributed by atoms with van der Waals surface area (Å²) >= 11 is 1.58. The summed E-state index contributed by atoms with van der Waals surface area (Å²) in [5.41, 5.74) is 8.27. The Labute approximate surface area is 481 Å². The van der Waals surface area contributed by atoms with Gasteiger partial charge in [-0.2, -0.15) is 5.10 Å². The maximum atomic E-state index is 14.1. The number of fused-ring (bicyclic) bond motifs is 1. The van der Waals surface area contributed by atoms with Gasteiger partial charge in [-0.15, -0.1) is 11.3 Å². The number of thiazole rings is 1. The van der Waals surface area contributed by atoms with Gasteiger partial charge in [0.15, 0.2) is 11.6 Å². The van der Waals surface area contributed by atoms with Gasteiger partial charge in [-0.05, 0) is 103 Å². The number of hydrogen-bond acceptors (Lipinski definition) is 14. The van der Waals surface area contributed by atoms with Crippen LogP contribution in [0.2, 0.25) is 0 Å². The summed E-state index contributed by atoms with van der Waals surface area (Å²) in [6, 6.07) is 22.1. The number of nitrogens with zero attached hydrogens (tertiary/aromatic N) is 5. The third-order valence-electron chi connectivity index (χ3n) is 15.7. The average molecular weight is 1150 g/mol. The third kappa shape index (κ3) is 15.6. The SMILES string of the molecule is Cc1ncsc1-c1ccc(CCC(=O)[C@@H]2C[C@@H](O)CN2C(=O)[C@@H](CC(=O)CCOCCOCCC(=O)N2CCN(c3ccc(C(=O)Nc4n[nH]c5ccc(Cc6cc(F)cc(F)c6)cc45)c(NC4CCOCC4)c3)CC2)C(C)(C)C)cc1. The second kappa shape index (κ2) is 27.4. The molecule has 0 unspecified atom stereocenters. The molecule has 4 N–H and O–H groups in total. The summed E-state index contributed by atoms with van der Waals surface area (Å²) in [7, 11) is 0. The molecule has 3 aliphatic heterocycles. The number of β-amino-alcohol motifs (C(OH)–C–C–N with tert-alkyl or cyclic N) is 1. The van der Waals surface area contributed by atoms with E-state index in [9.17, 15) is 37.9 Å². The number of ketones is 2. The van der Waals surface area contributed by atoms with Crippen molar-refractivity contribution in [3.8, 4) is 10.4 Å². The summed E-state index contributed by atoms with van der Waals surface area (Å²) in [6.07, 6.45) is 2.21. The second-order valence-corrected chi connectivity index (χ2v) is 23.6. The first kappa shape index (κ1) is 59.6. The monoisotopic (exact) mass is 1140 g/mol. The van der Waals surface area contributed by atoms with Gasteiger partial charge in [0, 0.05) is 106 Å². The number of benzene rings is 4. The number of nitrogens with one attached hydrogen (secondary N) is 3. The molecule has 3 aliphatic rings. The highest BCUT2D eigenvalue weighted by molar-refractivity contribution is 7.13. The van der Waals surface area contributed by atoms with Crippen LogP contribution in [0.1, 0.15) is 98.5 Å². The zero-order chi connectivity index (χ0) is 57.9. The Morgan fingerprint density at radius 3 is 2.24 bits per heavy atom. The normalized spacial score (nSPS) is 17.3. The van der Waals surface area contributed by atoms with Crippen LogP contribution in [-0.4, -0.2) is 150 Å². The van der Waals surface area contributed by atoms with Gasteiger partial charge < -0.3 is 44.7 Å². The zero-order valence-electron chi connectivity index (χ0n) is 47.1. The predicted octanol–water partition coefficient (Wildman–Crippen LogP) is 8.95. The lowest BCUT2D eigenvalue weighted by molar-refractivity contribution is -0.146. The number of amides is 3. The molecule has 436 valence electrons. The van der Waals surface area contributed by atoms with Gasteiger partial charge in [-0.3, -0.25) is 29.1 Å². The molecule has 9 rings (SSSR count). The van der Waals surface area contributed by atoms with Crippen molar-refractivity contribution in [1.29, 1.82) is 0 Å². The van der Waals surface area contributed by atoms with Crippen LogP contribution < -0.4 is 15.5 Å². The van der Waals surface area contributed by atoms with E-state index in [1.807, 2.05) is 92.7 Å². The molecule has 3 saturated heterocycles. The van der Waals surface area contributed by atoms with Gasteiger partial charge in [0.25, 0.3) is 5.91 Å². The van der Waals surface area contributed by atoms with Crippen molar-refractivity contribution < 1.29 is 52.1 Å². The minimum Gasteiger partial charge on any atom is -0.391 e. The van der Waals surface area contributed by atoms with Crippen molar-refractivity contribution >= 4 is 68.7 Å². The van der Waals surface area contributed by atoms with Crippen LogP contribution in [0.25, 0.3) is 21.3 Å².